The highest BCUT2D eigenvalue weighted by molar-refractivity contribution is 5.73. The fourth-order valence-electron chi connectivity index (χ4n) is 3.14. The Labute approximate surface area is 142 Å². The summed E-state index contributed by atoms with van der Waals surface area (Å²) in [6.45, 7) is -1.71. The maximum Gasteiger partial charge on any atom is 0.387 e. The van der Waals surface area contributed by atoms with Crippen molar-refractivity contribution >= 4 is 6.03 Å². The molecule has 0 aliphatic heterocycles. The van der Waals surface area contributed by atoms with E-state index in [2.05, 4.69) is 10.1 Å². The van der Waals surface area contributed by atoms with Crippen molar-refractivity contribution in [2.75, 3.05) is 13.6 Å². The van der Waals surface area contributed by atoms with Gasteiger partial charge in [0, 0.05) is 20.1 Å². The van der Waals surface area contributed by atoms with E-state index in [1.165, 1.54) is 44.2 Å². The number of halogens is 2. The van der Waals surface area contributed by atoms with E-state index in [1.54, 1.807) is 24.1 Å². The van der Waals surface area contributed by atoms with Gasteiger partial charge >= 0.3 is 12.6 Å². The van der Waals surface area contributed by atoms with Crippen molar-refractivity contribution in [3.63, 3.8) is 0 Å². The van der Waals surface area contributed by atoms with Crippen LogP contribution < -0.4 is 10.1 Å². The first-order valence-corrected chi connectivity index (χ1v) is 8.57. The first-order chi connectivity index (χ1) is 11.5. The minimum atomic E-state index is -2.83. The maximum absolute atomic E-state index is 12.1. The number of urea groups is 1. The summed E-state index contributed by atoms with van der Waals surface area (Å²) in [5.41, 5.74) is 0.861. The fraction of sp³-hybridized carbons (Fsp3) is 0.611. The van der Waals surface area contributed by atoms with Crippen LogP contribution in [-0.2, 0) is 6.54 Å². The number of nitrogens with zero attached hydrogens (tertiary/aromatic N) is 1. The average Bonchev–Trinajstić information content (AvgIpc) is 3.06. The number of benzene rings is 1. The zero-order valence-corrected chi connectivity index (χ0v) is 14.1. The van der Waals surface area contributed by atoms with E-state index in [1.807, 2.05) is 0 Å². The Kier molecular flexibility index (Phi) is 7.28. The number of alkyl halides is 2. The van der Waals surface area contributed by atoms with E-state index in [-0.39, 0.29) is 11.8 Å². The lowest BCUT2D eigenvalue weighted by atomic mass is 10.0. The highest BCUT2D eigenvalue weighted by atomic mass is 19.3. The number of hydrogen-bond donors (Lipinski definition) is 1. The molecular formula is C18H26F2N2O2. The van der Waals surface area contributed by atoms with Crippen molar-refractivity contribution in [3.8, 4) is 5.75 Å². The summed E-state index contributed by atoms with van der Waals surface area (Å²) in [6, 6.07) is 6.21. The van der Waals surface area contributed by atoms with Crippen LogP contribution in [0.1, 0.15) is 44.1 Å². The summed E-state index contributed by atoms with van der Waals surface area (Å²) in [4.78, 5) is 13.6. The SMILES string of the molecule is CN(Cc1ccc(OC(F)F)cc1)C(=O)NCCCC1CCCC1. The summed E-state index contributed by atoms with van der Waals surface area (Å²) in [5, 5.41) is 2.93. The predicted molar refractivity (Wildman–Crippen MR) is 89.1 cm³/mol. The van der Waals surface area contributed by atoms with Crippen molar-refractivity contribution in [2.45, 2.75) is 51.7 Å². The molecule has 0 heterocycles. The summed E-state index contributed by atoms with van der Waals surface area (Å²) in [5.74, 6) is 0.960. The van der Waals surface area contributed by atoms with Gasteiger partial charge in [-0.25, -0.2) is 4.79 Å². The second-order valence-electron chi connectivity index (χ2n) is 6.40. The monoisotopic (exact) mass is 340 g/mol. The Morgan fingerprint density at radius 2 is 1.96 bits per heavy atom. The number of ether oxygens (including phenoxy) is 1. The van der Waals surface area contributed by atoms with Gasteiger partial charge in [-0.15, -0.1) is 0 Å². The van der Waals surface area contributed by atoms with Crippen molar-refractivity contribution in [2.24, 2.45) is 5.92 Å². The van der Waals surface area contributed by atoms with E-state index < -0.39 is 6.61 Å². The molecule has 0 bridgehead atoms. The van der Waals surface area contributed by atoms with Crippen LogP contribution in [0.5, 0.6) is 5.75 Å². The molecule has 0 atom stereocenters. The predicted octanol–water partition coefficient (Wildman–Crippen LogP) is 4.40. The molecule has 0 saturated heterocycles. The second kappa shape index (κ2) is 9.45. The quantitative estimate of drug-likeness (QED) is 0.713. The molecule has 0 unspecified atom stereocenters. The average molecular weight is 340 g/mol. The lowest BCUT2D eigenvalue weighted by molar-refractivity contribution is -0.0498. The van der Waals surface area contributed by atoms with Crippen LogP contribution in [-0.4, -0.2) is 31.1 Å². The van der Waals surface area contributed by atoms with Gasteiger partial charge in [0.1, 0.15) is 5.75 Å². The van der Waals surface area contributed by atoms with Crippen molar-refractivity contribution < 1.29 is 18.3 Å². The van der Waals surface area contributed by atoms with Gasteiger partial charge in [-0.2, -0.15) is 8.78 Å². The molecular weight excluding hydrogens is 314 g/mol. The lowest BCUT2D eigenvalue weighted by Crippen LogP contribution is -2.37. The molecule has 4 nitrogen and oxygen atoms in total. The Hall–Kier alpha value is -1.85. The second-order valence-corrected chi connectivity index (χ2v) is 6.40. The highest BCUT2D eigenvalue weighted by Crippen LogP contribution is 2.28. The molecule has 1 aromatic rings. The number of amides is 2. The van der Waals surface area contributed by atoms with Crippen LogP contribution in [0.25, 0.3) is 0 Å². The molecule has 6 heteroatoms. The molecule has 0 spiro atoms. The van der Waals surface area contributed by atoms with E-state index in [4.69, 9.17) is 0 Å². The molecule has 2 amide bonds. The van der Waals surface area contributed by atoms with E-state index in [9.17, 15) is 13.6 Å². The smallest absolute Gasteiger partial charge is 0.387 e. The normalized spacial score (nSPS) is 14.8. The third kappa shape index (κ3) is 6.34. The summed E-state index contributed by atoms with van der Waals surface area (Å²) < 4.78 is 28.5. The molecule has 2 rings (SSSR count). The molecule has 0 aromatic heterocycles. The molecule has 134 valence electrons. The summed E-state index contributed by atoms with van der Waals surface area (Å²) in [7, 11) is 1.72. The van der Waals surface area contributed by atoms with Crippen molar-refractivity contribution in [1.29, 1.82) is 0 Å². The van der Waals surface area contributed by atoms with E-state index in [0.29, 0.717) is 13.1 Å². The number of rotatable bonds is 8. The topological polar surface area (TPSA) is 41.6 Å². The Bertz CT molecular complexity index is 502. The van der Waals surface area contributed by atoms with Gasteiger partial charge in [0.2, 0.25) is 0 Å². The van der Waals surface area contributed by atoms with Crippen LogP contribution in [0.15, 0.2) is 24.3 Å². The first kappa shape index (κ1) is 18.5. The fourth-order valence-corrected chi connectivity index (χ4v) is 3.14. The molecule has 0 radical (unpaired) electrons. The Morgan fingerprint density at radius 1 is 1.29 bits per heavy atom. The first-order valence-electron chi connectivity index (χ1n) is 8.57. The third-order valence-electron chi connectivity index (χ3n) is 4.46. The molecule has 1 N–H and O–H groups in total. The van der Waals surface area contributed by atoms with Crippen LogP contribution >= 0.6 is 0 Å². The van der Waals surface area contributed by atoms with Gasteiger partial charge in [0.25, 0.3) is 0 Å². The van der Waals surface area contributed by atoms with Crippen molar-refractivity contribution in [1.82, 2.24) is 10.2 Å². The zero-order chi connectivity index (χ0) is 17.4. The Balaban J connectivity index is 1.66. The van der Waals surface area contributed by atoms with E-state index >= 15 is 0 Å². The molecule has 1 aromatic carbocycles. The molecule has 24 heavy (non-hydrogen) atoms. The van der Waals surface area contributed by atoms with Gasteiger partial charge in [-0.3, -0.25) is 0 Å². The number of carbonyl (C=O) groups excluding carboxylic acids is 1. The van der Waals surface area contributed by atoms with Gasteiger partial charge < -0.3 is 15.0 Å². The van der Waals surface area contributed by atoms with Crippen LogP contribution in [0.2, 0.25) is 0 Å². The minimum absolute atomic E-state index is 0.116. The van der Waals surface area contributed by atoms with Crippen LogP contribution in [0.3, 0.4) is 0 Å². The number of hydrogen-bond acceptors (Lipinski definition) is 2. The number of carbonyl (C=O) groups is 1. The molecule has 1 fully saturated rings. The van der Waals surface area contributed by atoms with Gasteiger partial charge in [-0.1, -0.05) is 37.8 Å². The Morgan fingerprint density at radius 3 is 2.58 bits per heavy atom. The minimum Gasteiger partial charge on any atom is -0.435 e. The number of nitrogens with one attached hydrogen (secondary N) is 1. The third-order valence-corrected chi connectivity index (χ3v) is 4.46. The van der Waals surface area contributed by atoms with Crippen LogP contribution in [0.4, 0.5) is 13.6 Å². The zero-order valence-electron chi connectivity index (χ0n) is 14.1. The molecule has 1 aliphatic carbocycles. The summed E-state index contributed by atoms with van der Waals surface area (Å²) >= 11 is 0. The van der Waals surface area contributed by atoms with Crippen LogP contribution in [0, 0.1) is 5.92 Å². The van der Waals surface area contributed by atoms with Gasteiger partial charge in [-0.05, 0) is 36.5 Å². The van der Waals surface area contributed by atoms with Gasteiger partial charge in [0.15, 0.2) is 0 Å². The van der Waals surface area contributed by atoms with Crippen molar-refractivity contribution in [3.05, 3.63) is 29.8 Å². The molecule has 1 aliphatic rings. The largest absolute Gasteiger partial charge is 0.435 e. The van der Waals surface area contributed by atoms with E-state index in [0.717, 1.165) is 17.9 Å². The maximum atomic E-state index is 12.1. The standard InChI is InChI=1S/C18H26F2N2O2/c1-22(13-15-8-10-16(11-9-15)24-17(19)20)18(23)21-12-4-7-14-5-2-3-6-14/h8-11,14,17H,2-7,12-13H2,1H3,(H,21,23). The lowest BCUT2D eigenvalue weighted by Gasteiger charge is -2.18. The summed E-state index contributed by atoms with van der Waals surface area (Å²) in [6.07, 6.45) is 7.57. The highest BCUT2D eigenvalue weighted by Gasteiger charge is 2.14. The van der Waals surface area contributed by atoms with Gasteiger partial charge in [0.05, 0.1) is 0 Å². The molecule has 1 saturated carbocycles.